The predicted molar refractivity (Wildman–Crippen MR) is 84.2 cm³/mol. The van der Waals surface area contributed by atoms with Gasteiger partial charge in [0, 0.05) is 11.0 Å². The molecule has 3 N–H and O–H groups in total. The molecule has 0 saturated heterocycles. The summed E-state index contributed by atoms with van der Waals surface area (Å²) in [6, 6.07) is 7.35. The molecule has 0 spiro atoms. The first kappa shape index (κ1) is 18.0. The molecule has 1 heterocycles. The summed E-state index contributed by atoms with van der Waals surface area (Å²) in [5.74, 6) is -1.59. The number of H-pyrrole nitrogens is 1. The van der Waals surface area contributed by atoms with E-state index in [1.54, 1.807) is 0 Å². The molecule has 0 radical (unpaired) electrons. The van der Waals surface area contributed by atoms with Crippen molar-refractivity contribution in [3.63, 3.8) is 0 Å². The molecular weight excluding hydrogens is 384 g/mol. The summed E-state index contributed by atoms with van der Waals surface area (Å²) in [7, 11) is 1.17. The lowest BCUT2D eigenvalue weighted by molar-refractivity contribution is -0.151. The summed E-state index contributed by atoms with van der Waals surface area (Å²) in [4.78, 5) is 23.4. The molecule has 0 aliphatic heterocycles. The predicted octanol–water partition coefficient (Wildman–Crippen LogP) is -0.357. The van der Waals surface area contributed by atoms with Crippen molar-refractivity contribution >= 4 is 27.8 Å². The largest absolute Gasteiger partial charge is 0.467 e. The molecule has 11 heteroatoms. The van der Waals surface area contributed by atoms with E-state index >= 15 is 0 Å². The fourth-order valence-electron chi connectivity index (χ4n) is 1.83. The summed E-state index contributed by atoms with van der Waals surface area (Å²) >= 11 is 3.34. The number of ether oxygens (including phenoxy) is 1. The number of halogens is 1. The van der Waals surface area contributed by atoms with Gasteiger partial charge in [0.05, 0.1) is 13.7 Å². The highest BCUT2D eigenvalue weighted by molar-refractivity contribution is 9.10. The van der Waals surface area contributed by atoms with Crippen LogP contribution in [0.2, 0.25) is 0 Å². The summed E-state index contributed by atoms with van der Waals surface area (Å²) < 4.78 is 5.39. The maximum Gasteiger partial charge on any atom is 0.336 e. The van der Waals surface area contributed by atoms with Gasteiger partial charge in [0.15, 0.2) is 6.10 Å². The van der Waals surface area contributed by atoms with Crippen LogP contribution in [0.15, 0.2) is 28.7 Å². The van der Waals surface area contributed by atoms with E-state index in [0.717, 1.165) is 10.0 Å². The molecule has 0 aliphatic carbocycles. The molecule has 2 aromatic rings. The third kappa shape index (κ3) is 5.08. The van der Waals surface area contributed by atoms with E-state index in [1.165, 1.54) is 12.1 Å². The average molecular weight is 399 g/mol. The van der Waals surface area contributed by atoms with Crippen molar-refractivity contribution in [1.29, 1.82) is 0 Å². The number of methoxy groups -OCH3 is 1. The number of amides is 1. The van der Waals surface area contributed by atoms with Gasteiger partial charge in [-0.05, 0) is 22.9 Å². The number of carbonyl (C=O) groups is 2. The number of rotatable bonds is 7. The Labute approximate surface area is 145 Å². The van der Waals surface area contributed by atoms with E-state index in [2.05, 4.69) is 46.7 Å². The Balaban J connectivity index is 2.09. The first-order chi connectivity index (χ1) is 11.5. The Morgan fingerprint density at radius 3 is 2.71 bits per heavy atom. The minimum Gasteiger partial charge on any atom is -0.467 e. The van der Waals surface area contributed by atoms with E-state index in [1.807, 2.05) is 24.3 Å². The summed E-state index contributed by atoms with van der Waals surface area (Å²) in [5.41, 5.74) is 3.37. The average Bonchev–Trinajstić information content (AvgIpc) is 3.10. The number of aliphatic hydroxyl groups is 1. The second-order valence-corrected chi connectivity index (χ2v) is 5.64. The van der Waals surface area contributed by atoms with Gasteiger partial charge in [-0.3, -0.25) is 10.2 Å². The number of hydrogen-bond donors (Lipinski definition) is 3. The van der Waals surface area contributed by atoms with Gasteiger partial charge < -0.3 is 9.84 Å². The van der Waals surface area contributed by atoms with Crippen LogP contribution < -0.4 is 5.43 Å². The Kier molecular flexibility index (Phi) is 6.35. The fraction of sp³-hybridized carbons (Fsp3) is 0.308. The van der Waals surface area contributed by atoms with Gasteiger partial charge in [-0.15, -0.1) is 10.2 Å². The van der Waals surface area contributed by atoms with Crippen LogP contribution in [-0.4, -0.2) is 62.4 Å². The molecule has 128 valence electrons. The van der Waals surface area contributed by atoms with Gasteiger partial charge >= 0.3 is 11.9 Å². The fourth-order valence-corrected chi connectivity index (χ4v) is 2.10. The number of aliphatic hydroxyl groups excluding tert-OH is 1. The topological polar surface area (TPSA) is 133 Å². The van der Waals surface area contributed by atoms with Crippen molar-refractivity contribution in [3.8, 4) is 0 Å². The maximum atomic E-state index is 12.0. The molecule has 0 unspecified atom stereocenters. The molecule has 10 nitrogen and oxygen atoms in total. The molecule has 0 fully saturated rings. The van der Waals surface area contributed by atoms with E-state index in [-0.39, 0.29) is 18.9 Å². The van der Waals surface area contributed by atoms with Crippen LogP contribution in [0.5, 0.6) is 0 Å². The number of carbonyl (C=O) groups excluding carboxylic acids is 2. The van der Waals surface area contributed by atoms with Crippen LogP contribution in [0.4, 0.5) is 0 Å². The minimum atomic E-state index is -1.42. The summed E-state index contributed by atoms with van der Waals surface area (Å²) in [5, 5.41) is 23.8. The smallest absolute Gasteiger partial charge is 0.336 e. The molecule has 1 aromatic carbocycles. The second kappa shape index (κ2) is 8.47. The number of nitrogens with zero attached hydrogens (tertiary/aromatic N) is 4. The standard InChI is InChI=1S/C13H15BrN6O4/c1-24-13(23)10(21)7-20(6-8-2-4-9(14)5-3-8)17-12(22)11-15-18-19-16-11/h2-5,10,21H,6-7H2,1H3,(H,17,22)(H,15,16,18,19)/t10-/m1/s1. The SMILES string of the molecule is COC(=O)[C@H](O)CN(Cc1ccc(Br)cc1)NC(=O)c1nn[nH]n1. The quantitative estimate of drug-likeness (QED) is 0.425. The molecular formula is C13H15BrN6O4. The number of aromatic amines is 1. The number of esters is 1. The normalized spacial score (nSPS) is 12.0. The Hall–Kier alpha value is -2.37. The van der Waals surface area contributed by atoms with Gasteiger partial charge in [-0.1, -0.05) is 28.1 Å². The molecule has 1 aromatic heterocycles. The molecule has 0 aliphatic rings. The zero-order valence-electron chi connectivity index (χ0n) is 12.6. The van der Waals surface area contributed by atoms with Crippen molar-refractivity contribution in [2.45, 2.75) is 12.6 Å². The molecule has 1 atom stereocenters. The first-order valence-electron chi connectivity index (χ1n) is 6.79. The lowest BCUT2D eigenvalue weighted by Crippen LogP contribution is -2.47. The van der Waals surface area contributed by atoms with Gasteiger partial charge in [0.25, 0.3) is 5.82 Å². The summed E-state index contributed by atoms with van der Waals surface area (Å²) in [6.45, 7) is 0.0667. The van der Waals surface area contributed by atoms with Crippen molar-refractivity contribution in [2.24, 2.45) is 0 Å². The second-order valence-electron chi connectivity index (χ2n) is 4.72. The van der Waals surface area contributed by atoms with E-state index in [4.69, 9.17) is 0 Å². The Morgan fingerprint density at radius 2 is 2.12 bits per heavy atom. The van der Waals surface area contributed by atoms with Crippen LogP contribution in [0.1, 0.15) is 16.2 Å². The van der Waals surface area contributed by atoms with Crippen LogP contribution in [-0.2, 0) is 16.1 Å². The van der Waals surface area contributed by atoms with Gasteiger partial charge in [0.2, 0.25) is 0 Å². The monoisotopic (exact) mass is 398 g/mol. The highest BCUT2D eigenvalue weighted by Crippen LogP contribution is 2.12. The van der Waals surface area contributed by atoms with Crippen LogP contribution >= 0.6 is 15.9 Å². The molecule has 2 rings (SSSR count). The van der Waals surface area contributed by atoms with Crippen LogP contribution in [0, 0.1) is 0 Å². The molecule has 0 bridgehead atoms. The number of nitrogens with one attached hydrogen (secondary N) is 2. The zero-order chi connectivity index (χ0) is 17.5. The van der Waals surface area contributed by atoms with Crippen LogP contribution in [0.3, 0.4) is 0 Å². The van der Waals surface area contributed by atoms with Gasteiger partial charge in [-0.2, -0.15) is 5.21 Å². The number of hydrazine groups is 1. The zero-order valence-corrected chi connectivity index (χ0v) is 14.2. The van der Waals surface area contributed by atoms with E-state index in [0.29, 0.717) is 0 Å². The summed E-state index contributed by atoms with van der Waals surface area (Å²) in [6.07, 6.45) is -1.42. The van der Waals surface area contributed by atoms with Crippen molar-refractivity contribution in [3.05, 3.63) is 40.1 Å². The Bertz CT molecular complexity index is 678. The van der Waals surface area contributed by atoms with Crippen molar-refractivity contribution in [2.75, 3.05) is 13.7 Å². The maximum absolute atomic E-state index is 12.0. The van der Waals surface area contributed by atoms with Gasteiger partial charge in [-0.25, -0.2) is 9.80 Å². The number of benzene rings is 1. The lowest BCUT2D eigenvalue weighted by Gasteiger charge is -2.24. The molecule has 1 amide bonds. The Morgan fingerprint density at radius 1 is 1.42 bits per heavy atom. The lowest BCUT2D eigenvalue weighted by atomic mass is 10.2. The van der Waals surface area contributed by atoms with Gasteiger partial charge in [0.1, 0.15) is 0 Å². The number of aromatic nitrogens is 4. The van der Waals surface area contributed by atoms with Crippen molar-refractivity contribution < 1.29 is 19.4 Å². The number of hydrogen-bond acceptors (Lipinski definition) is 8. The minimum absolute atomic E-state index is 0.164. The number of tetrazole rings is 1. The van der Waals surface area contributed by atoms with E-state index < -0.39 is 18.0 Å². The van der Waals surface area contributed by atoms with Crippen LogP contribution in [0.25, 0.3) is 0 Å². The third-order valence-corrected chi connectivity index (χ3v) is 3.49. The third-order valence-electron chi connectivity index (χ3n) is 2.96. The highest BCUT2D eigenvalue weighted by Gasteiger charge is 2.22. The van der Waals surface area contributed by atoms with E-state index in [9.17, 15) is 14.7 Å². The molecule has 24 heavy (non-hydrogen) atoms. The first-order valence-corrected chi connectivity index (χ1v) is 7.58. The molecule has 0 saturated carbocycles. The van der Waals surface area contributed by atoms with Crippen molar-refractivity contribution in [1.82, 2.24) is 31.1 Å². The highest BCUT2D eigenvalue weighted by atomic mass is 79.9.